The van der Waals surface area contributed by atoms with Gasteiger partial charge < -0.3 is 10.9 Å². The molecule has 0 aliphatic rings. The molecule has 1 aromatic carbocycles. The second-order valence-corrected chi connectivity index (χ2v) is 5.66. The fraction of sp³-hybridized carbons (Fsp3) is 0.286. The van der Waals surface area contributed by atoms with Crippen LogP contribution in [0, 0.1) is 6.92 Å². The second-order valence-electron chi connectivity index (χ2n) is 4.71. The van der Waals surface area contributed by atoms with Gasteiger partial charge in [-0.15, -0.1) is 10.2 Å². The van der Waals surface area contributed by atoms with E-state index < -0.39 is 11.5 Å². The largest absolute Gasteiger partial charge is 0.481 e. The minimum Gasteiger partial charge on any atom is -0.481 e. The SMILES string of the molecule is Cc1ccccc1CSc1nnc(CCC(=O)O)c(=O)n1N. The van der Waals surface area contributed by atoms with Crippen LogP contribution in [0.1, 0.15) is 23.2 Å². The van der Waals surface area contributed by atoms with Crippen molar-refractivity contribution in [1.29, 1.82) is 0 Å². The maximum absolute atomic E-state index is 12.0. The number of rotatable bonds is 6. The molecular weight excluding hydrogens is 304 g/mol. The summed E-state index contributed by atoms with van der Waals surface area (Å²) in [7, 11) is 0. The minimum absolute atomic E-state index is 0.0150. The standard InChI is InChI=1S/C14H16N4O3S/c1-9-4-2-3-5-10(9)8-22-14-17-16-11(6-7-12(19)20)13(21)18(14)15/h2-5H,6-8,15H2,1H3,(H,19,20). The van der Waals surface area contributed by atoms with Gasteiger partial charge >= 0.3 is 5.97 Å². The molecule has 3 N–H and O–H groups in total. The molecule has 0 saturated heterocycles. The van der Waals surface area contributed by atoms with Crippen molar-refractivity contribution in [2.45, 2.75) is 30.7 Å². The Balaban J connectivity index is 2.13. The fourth-order valence-corrected chi connectivity index (χ4v) is 2.74. The monoisotopic (exact) mass is 320 g/mol. The zero-order chi connectivity index (χ0) is 16.1. The van der Waals surface area contributed by atoms with E-state index in [1.165, 1.54) is 11.8 Å². The van der Waals surface area contributed by atoms with Crippen molar-refractivity contribution in [2.24, 2.45) is 0 Å². The molecule has 22 heavy (non-hydrogen) atoms. The lowest BCUT2D eigenvalue weighted by Crippen LogP contribution is -2.33. The summed E-state index contributed by atoms with van der Waals surface area (Å²) in [6.07, 6.45) is -0.166. The van der Waals surface area contributed by atoms with Crippen LogP contribution in [0.5, 0.6) is 0 Å². The highest BCUT2D eigenvalue weighted by Gasteiger charge is 2.12. The Morgan fingerprint density at radius 1 is 1.36 bits per heavy atom. The third-order valence-corrected chi connectivity index (χ3v) is 4.11. The summed E-state index contributed by atoms with van der Waals surface area (Å²) in [4.78, 5) is 22.5. The number of nitrogens with two attached hydrogens (primary N) is 1. The molecule has 0 aliphatic carbocycles. The maximum Gasteiger partial charge on any atom is 0.303 e. The van der Waals surface area contributed by atoms with Gasteiger partial charge in [-0.3, -0.25) is 9.59 Å². The smallest absolute Gasteiger partial charge is 0.303 e. The Hall–Kier alpha value is -2.35. The van der Waals surface area contributed by atoms with E-state index in [9.17, 15) is 9.59 Å². The topological polar surface area (TPSA) is 111 Å². The average Bonchev–Trinajstić information content (AvgIpc) is 2.49. The van der Waals surface area contributed by atoms with Crippen LogP contribution < -0.4 is 11.4 Å². The Morgan fingerprint density at radius 2 is 2.09 bits per heavy atom. The lowest BCUT2D eigenvalue weighted by Gasteiger charge is -2.08. The number of thioether (sulfide) groups is 1. The molecule has 116 valence electrons. The number of carbonyl (C=O) groups is 1. The van der Waals surface area contributed by atoms with Crippen molar-refractivity contribution >= 4 is 17.7 Å². The fourth-order valence-electron chi connectivity index (χ4n) is 1.82. The van der Waals surface area contributed by atoms with Crippen LogP contribution in [0.15, 0.2) is 34.2 Å². The first-order chi connectivity index (χ1) is 10.5. The molecule has 7 nitrogen and oxygen atoms in total. The molecule has 0 radical (unpaired) electrons. The molecule has 0 spiro atoms. The van der Waals surface area contributed by atoms with Crippen LogP contribution in [-0.4, -0.2) is 25.9 Å². The molecule has 1 heterocycles. The maximum atomic E-state index is 12.0. The van der Waals surface area contributed by atoms with Crippen molar-refractivity contribution in [3.05, 3.63) is 51.4 Å². The number of nitrogens with zero attached hydrogens (tertiary/aromatic N) is 3. The van der Waals surface area contributed by atoms with E-state index in [-0.39, 0.29) is 18.5 Å². The van der Waals surface area contributed by atoms with Crippen LogP contribution in [0.2, 0.25) is 0 Å². The number of carboxylic acids is 1. The van der Waals surface area contributed by atoms with E-state index in [1.807, 2.05) is 31.2 Å². The first-order valence-electron chi connectivity index (χ1n) is 6.62. The Bertz CT molecular complexity index is 745. The number of nitrogen functional groups attached to an aromatic ring is 1. The molecule has 2 rings (SSSR count). The number of aryl methyl sites for hydroxylation is 2. The minimum atomic E-state index is -0.997. The third-order valence-electron chi connectivity index (χ3n) is 3.12. The lowest BCUT2D eigenvalue weighted by molar-refractivity contribution is -0.136. The summed E-state index contributed by atoms with van der Waals surface area (Å²) in [6.45, 7) is 2.01. The van der Waals surface area contributed by atoms with E-state index >= 15 is 0 Å². The molecule has 0 aliphatic heterocycles. The predicted molar refractivity (Wildman–Crippen MR) is 83.1 cm³/mol. The lowest BCUT2D eigenvalue weighted by atomic mass is 10.1. The highest BCUT2D eigenvalue weighted by atomic mass is 32.2. The predicted octanol–water partition coefficient (Wildman–Crippen LogP) is 0.970. The van der Waals surface area contributed by atoms with Gasteiger partial charge in [0.05, 0.1) is 6.42 Å². The van der Waals surface area contributed by atoms with Crippen LogP contribution >= 0.6 is 11.8 Å². The van der Waals surface area contributed by atoms with Crippen molar-refractivity contribution < 1.29 is 9.90 Å². The van der Waals surface area contributed by atoms with Crippen LogP contribution in [-0.2, 0) is 17.0 Å². The molecule has 1 aromatic heterocycles. The number of benzene rings is 1. The summed E-state index contributed by atoms with van der Waals surface area (Å²) < 4.78 is 0.924. The van der Waals surface area contributed by atoms with Gasteiger partial charge in [0, 0.05) is 12.2 Å². The number of aromatic nitrogens is 3. The van der Waals surface area contributed by atoms with Crippen LogP contribution in [0.4, 0.5) is 0 Å². The van der Waals surface area contributed by atoms with Gasteiger partial charge in [-0.25, -0.2) is 0 Å². The number of carboxylic acid groups (broad SMARTS) is 1. The van der Waals surface area contributed by atoms with Crippen LogP contribution in [0.3, 0.4) is 0 Å². The van der Waals surface area contributed by atoms with Gasteiger partial charge in [0.1, 0.15) is 5.69 Å². The van der Waals surface area contributed by atoms with Crippen molar-refractivity contribution in [1.82, 2.24) is 14.9 Å². The van der Waals surface area contributed by atoms with E-state index in [0.29, 0.717) is 10.9 Å². The zero-order valence-electron chi connectivity index (χ0n) is 12.0. The Morgan fingerprint density at radius 3 is 2.77 bits per heavy atom. The summed E-state index contributed by atoms with van der Waals surface area (Å²) in [5.74, 6) is 5.35. The molecule has 2 aromatic rings. The first-order valence-corrected chi connectivity index (χ1v) is 7.60. The quantitative estimate of drug-likeness (QED) is 0.602. The van der Waals surface area contributed by atoms with E-state index in [2.05, 4.69) is 10.2 Å². The summed E-state index contributed by atoms with van der Waals surface area (Å²) in [6, 6.07) is 7.90. The number of aliphatic carboxylic acids is 1. The summed E-state index contributed by atoms with van der Waals surface area (Å²) >= 11 is 1.31. The van der Waals surface area contributed by atoms with Gasteiger partial charge in [-0.2, -0.15) is 4.68 Å². The van der Waals surface area contributed by atoms with Crippen molar-refractivity contribution in [3.63, 3.8) is 0 Å². The zero-order valence-corrected chi connectivity index (χ0v) is 12.8. The number of hydrogen-bond donors (Lipinski definition) is 2. The Kier molecular flexibility index (Phi) is 5.16. The molecule has 8 heteroatoms. The molecule has 0 atom stereocenters. The molecule has 0 bridgehead atoms. The van der Waals surface area contributed by atoms with Crippen molar-refractivity contribution in [2.75, 3.05) is 5.84 Å². The van der Waals surface area contributed by atoms with Crippen molar-refractivity contribution in [3.8, 4) is 0 Å². The highest BCUT2D eigenvalue weighted by Crippen LogP contribution is 2.20. The van der Waals surface area contributed by atoms with Gasteiger partial charge in [0.25, 0.3) is 5.56 Å². The van der Waals surface area contributed by atoms with E-state index in [0.717, 1.165) is 15.8 Å². The average molecular weight is 320 g/mol. The Labute approximate surface area is 131 Å². The molecular formula is C14H16N4O3S. The molecule has 0 saturated carbocycles. The van der Waals surface area contributed by atoms with Gasteiger partial charge in [-0.05, 0) is 18.1 Å². The molecule has 0 amide bonds. The first kappa shape index (κ1) is 16.0. The van der Waals surface area contributed by atoms with E-state index in [4.69, 9.17) is 10.9 Å². The van der Waals surface area contributed by atoms with Gasteiger partial charge in [-0.1, -0.05) is 36.0 Å². The highest BCUT2D eigenvalue weighted by molar-refractivity contribution is 7.98. The summed E-state index contributed by atoms with van der Waals surface area (Å²) in [5.41, 5.74) is 1.82. The molecule has 0 fully saturated rings. The van der Waals surface area contributed by atoms with Gasteiger partial charge in [0.2, 0.25) is 5.16 Å². The van der Waals surface area contributed by atoms with Gasteiger partial charge in [0.15, 0.2) is 0 Å². The number of hydrogen-bond acceptors (Lipinski definition) is 6. The second kappa shape index (κ2) is 7.08. The van der Waals surface area contributed by atoms with E-state index in [1.54, 1.807) is 0 Å². The molecule has 0 unspecified atom stereocenters. The third kappa shape index (κ3) is 3.85. The normalized spacial score (nSPS) is 10.6. The van der Waals surface area contributed by atoms with Crippen LogP contribution in [0.25, 0.3) is 0 Å². The summed E-state index contributed by atoms with van der Waals surface area (Å²) in [5, 5.41) is 16.6.